The zero-order chi connectivity index (χ0) is 10.7. The molecule has 0 fully saturated rings. The monoisotopic (exact) mass is 258 g/mol. The lowest BCUT2D eigenvalue weighted by molar-refractivity contribution is -0.148. The van der Waals surface area contributed by atoms with Gasteiger partial charge < -0.3 is 5.11 Å². The van der Waals surface area contributed by atoms with Gasteiger partial charge in [-0.05, 0) is 28.1 Å². The van der Waals surface area contributed by atoms with E-state index in [-0.39, 0.29) is 0 Å². The van der Waals surface area contributed by atoms with E-state index in [1.807, 2.05) is 0 Å². The molecule has 0 heterocycles. The van der Waals surface area contributed by atoms with Gasteiger partial charge >= 0.3 is 11.9 Å². The van der Waals surface area contributed by atoms with Crippen molar-refractivity contribution in [3.63, 3.8) is 0 Å². The largest absolute Gasteiger partial charge is 0.474 e. The van der Waals surface area contributed by atoms with Crippen LogP contribution in [0.15, 0.2) is 28.7 Å². The van der Waals surface area contributed by atoms with Crippen molar-refractivity contribution in [3.8, 4) is 0 Å². The molecular weight excluding hydrogens is 252 g/mol. The van der Waals surface area contributed by atoms with E-state index in [0.717, 1.165) is 0 Å². The van der Waals surface area contributed by atoms with Gasteiger partial charge in [0.15, 0.2) is 0 Å². The average Bonchev–Trinajstić information content (AvgIpc) is 2.16. The first-order chi connectivity index (χ1) is 6.54. The standard InChI is InChI=1S/C8H7BrN2O3/c9-5-3-1-2-4-6(5)11(10)7(12)8(13)14/h1-4H,10H2,(H,13,14). The molecule has 0 aliphatic heterocycles. The van der Waals surface area contributed by atoms with Crippen LogP contribution >= 0.6 is 15.9 Å². The van der Waals surface area contributed by atoms with Gasteiger partial charge in [-0.1, -0.05) is 12.1 Å². The van der Waals surface area contributed by atoms with Crippen molar-refractivity contribution in [3.05, 3.63) is 28.7 Å². The minimum atomic E-state index is -1.59. The maximum Gasteiger partial charge on any atom is 0.396 e. The Hall–Kier alpha value is -1.40. The number of aliphatic carboxylic acids is 1. The summed E-state index contributed by atoms with van der Waals surface area (Å²) in [6.07, 6.45) is 0. The number of halogens is 1. The third kappa shape index (κ3) is 2.09. The Kier molecular flexibility index (Phi) is 3.21. The second-order valence-electron chi connectivity index (χ2n) is 2.43. The summed E-state index contributed by atoms with van der Waals surface area (Å²) >= 11 is 3.15. The minimum absolute atomic E-state index is 0.305. The second kappa shape index (κ2) is 4.21. The fourth-order valence-electron chi connectivity index (χ4n) is 0.860. The molecule has 0 unspecified atom stereocenters. The number of hydrazine groups is 1. The number of para-hydroxylation sites is 1. The summed E-state index contributed by atoms with van der Waals surface area (Å²) in [6, 6.07) is 6.57. The normalized spacial score (nSPS) is 9.57. The lowest BCUT2D eigenvalue weighted by Gasteiger charge is -2.15. The molecule has 0 saturated heterocycles. The molecule has 1 aromatic carbocycles. The molecule has 1 aromatic rings. The van der Waals surface area contributed by atoms with E-state index in [1.54, 1.807) is 18.2 Å². The predicted molar refractivity (Wildman–Crippen MR) is 53.5 cm³/mol. The van der Waals surface area contributed by atoms with Crippen LogP contribution in [0.5, 0.6) is 0 Å². The summed E-state index contributed by atoms with van der Waals surface area (Å²) in [5.74, 6) is 2.54. The first-order valence-electron chi connectivity index (χ1n) is 3.60. The van der Waals surface area contributed by atoms with Crippen molar-refractivity contribution < 1.29 is 14.7 Å². The number of nitrogens with zero attached hydrogens (tertiary/aromatic N) is 1. The van der Waals surface area contributed by atoms with E-state index in [0.29, 0.717) is 15.2 Å². The molecule has 0 atom stereocenters. The SMILES string of the molecule is NN(C(=O)C(=O)O)c1ccccc1Br. The van der Waals surface area contributed by atoms with E-state index in [1.165, 1.54) is 6.07 Å². The number of benzene rings is 1. The van der Waals surface area contributed by atoms with E-state index in [9.17, 15) is 9.59 Å². The van der Waals surface area contributed by atoms with Crippen LogP contribution in [0.25, 0.3) is 0 Å². The van der Waals surface area contributed by atoms with Gasteiger partial charge in [0.25, 0.3) is 0 Å². The highest BCUT2D eigenvalue weighted by molar-refractivity contribution is 9.10. The summed E-state index contributed by atoms with van der Waals surface area (Å²) in [5.41, 5.74) is 0.305. The quantitative estimate of drug-likeness (QED) is 0.337. The molecule has 0 bridgehead atoms. The molecular formula is C8H7BrN2O3. The highest BCUT2D eigenvalue weighted by atomic mass is 79.9. The number of anilines is 1. The molecule has 0 aliphatic carbocycles. The number of carboxylic acid groups (broad SMARTS) is 1. The predicted octanol–water partition coefficient (Wildman–Crippen LogP) is 0.740. The first kappa shape index (κ1) is 10.7. The topological polar surface area (TPSA) is 83.6 Å². The number of rotatable bonds is 1. The number of carbonyl (C=O) groups excluding carboxylic acids is 1. The third-order valence-electron chi connectivity index (χ3n) is 1.51. The minimum Gasteiger partial charge on any atom is -0.474 e. The van der Waals surface area contributed by atoms with Crippen LogP contribution in [0.2, 0.25) is 0 Å². The van der Waals surface area contributed by atoms with Gasteiger partial charge in [-0.15, -0.1) is 0 Å². The number of carbonyl (C=O) groups is 2. The summed E-state index contributed by atoms with van der Waals surface area (Å²) < 4.78 is 0.553. The number of nitrogens with two attached hydrogens (primary N) is 1. The number of hydrogen-bond donors (Lipinski definition) is 2. The molecule has 5 nitrogen and oxygen atoms in total. The van der Waals surface area contributed by atoms with Gasteiger partial charge in [0.05, 0.1) is 5.69 Å². The van der Waals surface area contributed by atoms with E-state index in [4.69, 9.17) is 10.9 Å². The van der Waals surface area contributed by atoms with Crippen molar-refractivity contribution in [2.75, 3.05) is 5.01 Å². The summed E-state index contributed by atoms with van der Waals surface area (Å²) in [7, 11) is 0. The Balaban J connectivity index is 3.01. The molecule has 14 heavy (non-hydrogen) atoms. The fourth-order valence-corrected chi connectivity index (χ4v) is 1.34. The molecule has 0 aliphatic rings. The third-order valence-corrected chi connectivity index (χ3v) is 2.18. The molecule has 74 valence electrons. The first-order valence-corrected chi connectivity index (χ1v) is 4.40. The van der Waals surface area contributed by atoms with Crippen molar-refractivity contribution in [2.24, 2.45) is 5.84 Å². The maximum absolute atomic E-state index is 11.0. The Morgan fingerprint density at radius 3 is 2.43 bits per heavy atom. The lowest BCUT2D eigenvalue weighted by Crippen LogP contribution is -2.42. The van der Waals surface area contributed by atoms with Gasteiger partial charge in [0.1, 0.15) is 0 Å². The van der Waals surface area contributed by atoms with Gasteiger partial charge in [0.2, 0.25) is 0 Å². The van der Waals surface area contributed by atoms with Crippen LogP contribution < -0.4 is 10.9 Å². The molecule has 0 saturated carbocycles. The van der Waals surface area contributed by atoms with Crippen molar-refractivity contribution >= 4 is 33.5 Å². The molecule has 1 rings (SSSR count). The van der Waals surface area contributed by atoms with Crippen LogP contribution in [-0.2, 0) is 9.59 Å². The molecule has 0 radical (unpaired) electrons. The summed E-state index contributed by atoms with van der Waals surface area (Å²) in [5, 5.41) is 8.99. The van der Waals surface area contributed by atoms with Crippen LogP contribution in [0, 0.1) is 0 Å². The van der Waals surface area contributed by atoms with E-state index < -0.39 is 11.9 Å². The Morgan fingerprint density at radius 2 is 1.93 bits per heavy atom. The summed E-state index contributed by atoms with van der Waals surface area (Å²) in [4.78, 5) is 21.3. The molecule has 0 spiro atoms. The van der Waals surface area contributed by atoms with Crippen LogP contribution in [0.3, 0.4) is 0 Å². The van der Waals surface area contributed by atoms with Crippen LogP contribution in [0.4, 0.5) is 5.69 Å². The lowest BCUT2D eigenvalue weighted by atomic mass is 10.3. The van der Waals surface area contributed by atoms with E-state index >= 15 is 0 Å². The van der Waals surface area contributed by atoms with Gasteiger partial charge in [-0.3, -0.25) is 4.79 Å². The maximum atomic E-state index is 11.0. The Labute approximate surface area is 88.2 Å². The summed E-state index contributed by atoms with van der Waals surface area (Å²) in [6.45, 7) is 0. The molecule has 0 aromatic heterocycles. The molecule has 3 N–H and O–H groups in total. The average molecular weight is 259 g/mol. The number of carboxylic acids is 1. The number of amides is 1. The highest BCUT2D eigenvalue weighted by Gasteiger charge is 2.20. The smallest absolute Gasteiger partial charge is 0.396 e. The Bertz CT molecular complexity index is 381. The van der Waals surface area contributed by atoms with Crippen LogP contribution in [-0.4, -0.2) is 17.0 Å². The highest BCUT2D eigenvalue weighted by Crippen LogP contribution is 2.23. The zero-order valence-corrected chi connectivity index (χ0v) is 8.56. The fraction of sp³-hybridized carbons (Fsp3) is 0. The molecule has 6 heteroatoms. The zero-order valence-electron chi connectivity index (χ0n) is 6.98. The van der Waals surface area contributed by atoms with Crippen molar-refractivity contribution in [1.29, 1.82) is 0 Å². The van der Waals surface area contributed by atoms with Gasteiger partial charge in [-0.2, -0.15) is 0 Å². The van der Waals surface area contributed by atoms with E-state index in [2.05, 4.69) is 15.9 Å². The van der Waals surface area contributed by atoms with Crippen molar-refractivity contribution in [1.82, 2.24) is 0 Å². The second-order valence-corrected chi connectivity index (χ2v) is 3.29. The van der Waals surface area contributed by atoms with Crippen molar-refractivity contribution in [2.45, 2.75) is 0 Å². The number of hydrogen-bond acceptors (Lipinski definition) is 3. The van der Waals surface area contributed by atoms with Crippen LogP contribution in [0.1, 0.15) is 0 Å². The van der Waals surface area contributed by atoms with Gasteiger partial charge in [0, 0.05) is 4.47 Å². The van der Waals surface area contributed by atoms with Gasteiger partial charge in [-0.25, -0.2) is 15.6 Å². The molecule has 1 amide bonds. The Morgan fingerprint density at radius 1 is 1.36 bits per heavy atom.